The minimum atomic E-state index is -0.237. The lowest BCUT2D eigenvalue weighted by Gasteiger charge is -2.12. The summed E-state index contributed by atoms with van der Waals surface area (Å²) in [5.41, 5.74) is 1.28. The van der Waals surface area contributed by atoms with Crippen molar-refractivity contribution in [3.8, 4) is 17.3 Å². The van der Waals surface area contributed by atoms with Crippen LogP contribution in [0.2, 0.25) is 20.2 Å². The van der Waals surface area contributed by atoms with E-state index in [1.54, 1.807) is 18.2 Å². The molecular weight excluding hydrogens is 368 g/mol. The molecule has 0 atom stereocenters. The zero-order valence-electron chi connectivity index (χ0n) is 11.3. The highest BCUT2D eigenvalue weighted by Crippen LogP contribution is 2.39. The third-order valence-corrected chi connectivity index (χ3v) is 4.53. The number of rotatable bonds is 3. The average Bonchev–Trinajstić information content (AvgIpc) is 2.71. The molecule has 0 aliphatic carbocycles. The predicted octanol–water partition coefficient (Wildman–Crippen LogP) is 4.73. The van der Waals surface area contributed by atoms with Crippen LogP contribution < -0.4 is 5.32 Å². The molecule has 0 radical (unpaired) electrons. The first-order chi connectivity index (χ1) is 10.4. The molecule has 4 nitrogen and oxygen atoms in total. The van der Waals surface area contributed by atoms with Crippen molar-refractivity contribution < 1.29 is 4.79 Å². The van der Waals surface area contributed by atoms with E-state index in [0.29, 0.717) is 21.3 Å². The van der Waals surface area contributed by atoms with Gasteiger partial charge in [0.1, 0.15) is 11.2 Å². The van der Waals surface area contributed by atoms with Gasteiger partial charge >= 0.3 is 0 Å². The number of benzene rings is 1. The normalized spacial score (nSPS) is 10.4. The lowest BCUT2D eigenvalue weighted by Crippen LogP contribution is -2.23. The van der Waals surface area contributed by atoms with Crippen LogP contribution in [-0.2, 0) is 11.5 Å². The standard InChI is InChI=1S/C14H9Cl4N3O/c1-7(22)20-6-21-13(9(5-19)12(17)14(21)18)8-2-3-10(15)11(16)4-8/h2-4H,6H2,1H3,(H,20,22). The van der Waals surface area contributed by atoms with Crippen LogP contribution in [0.1, 0.15) is 12.5 Å². The third-order valence-electron chi connectivity index (χ3n) is 2.94. The van der Waals surface area contributed by atoms with E-state index >= 15 is 0 Å². The second-order valence-corrected chi connectivity index (χ2v) is 5.94. The Hall–Kier alpha value is -1.38. The summed E-state index contributed by atoms with van der Waals surface area (Å²) in [6.07, 6.45) is 0. The number of nitrogens with one attached hydrogen (secondary N) is 1. The van der Waals surface area contributed by atoms with Crippen LogP contribution in [0, 0.1) is 11.3 Å². The fourth-order valence-electron chi connectivity index (χ4n) is 1.94. The molecule has 0 saturated heterocycles. The summed E-state index contributed by atoms with van der Waals surface area (Å²) in [6, 6.07) is 6.93. The minimum absolute atomic E-state index is 0.0745. The number of hydrogen-bond donors (Lipinski definition) is 1. The van der Waals surface area contributed by atoms with E-state index in [0.717, 1.165) is 0 Å². The largest absolute Gasteiger partial charge is 0.338 e. The van der Waals surface area contributed by atoms with Crippen LogP contribution in [0.15, 0.2) is 18.2 Å². The SMILES string of the molecule is CC(=O)NCn1c(Cl)c(Cl)c(C#N)c1-c1ccc(Cl)c(Cl)c1. The predicted molar refractivity (Wildman–Crippen MR) is 88.4 cm³/mol. The van der Waals surface area contributed by atoms with E-state index in [9.17, 15) is 10.1 Å². The molecule has 0 fully saturated rings. The van der Waals surface area contributed by atoms with E-state index in [1.807, 2.05) is 6.07 Å². The van der Waals surface area contributed by atoms with E-state index < -0.39 is 0 Å². The van der Waals surface area contributed by atoms with Crippen LogP contribution in [0.4, 0.5) is 0 Å². The van der Waals surface area contributed by atoms with Crippen molar-refractivity contribution in [3.63, 3.8) is 0 Å². The highest BCUT2D eigenvalue weighted by molar-refractivity contribution is 6.43. The van der Waals surface area contributed by atoms with E-state index in [4.69, 9.17) is 46.4 Å². The molecule has 0 aliphatic heterocycles. The van der Waals surface area contributed by atoms with Crippen LogP contribution in [-0.4, -0.2) is 10.5 Å². The topological polar surface area (TPSA) is 57.8 Å². The summed E-state index contributed by atoms with van der Waals surface area (Å²) in [6.45, 7) is 1.45. The van der Waals surface area contributed by atoms with Gasteiger partial charge in [0.15, 0.2) is 0 Å². The van der Waals surface area contributed by atoms with Gasteiger partial charge in [0.05, 0.1) is 33.0 Å². The van der Waals surface area contributed by atoms with Gasteiger partial charge in [-0.2, -0.15) is 5.26 Å². The lowest BCUT2D eigenvalue weighted by molar-refractivity contribution is -0.119. The highest BCUT2D eigenvalue weighted by atomic mass is 35.5. The Labute approximate surface area is 147 Å². The lowest BCUT2D eigenvalue weighted by atomic mass is 10.1. The maximum absolute atomic E-state index is 11.1. The van der Waals surface area contributed by atoms with Crippen molar-refractivity contribution in [2.24, 2.45) is 0 Å². The zero-order valence-corrected chi connectivity index (χ0v) is 14.3. The molecule has 114 valence electrons. The Kier molecular flexibility index (Phi) is 5.25. The fraction of sp³-hybridized carbons (Fsp3) is 0.143. The monoisotopic (exact) mass is 375 g/mol. The van der Waals surface area contributed by atoms with Crippen LogP contribution in [0.5, 0.6) is 0 Å². The summed E-state index contributed by atoms with van der Waals surface area (Å²) >= 11 is 24.2. The van der Waals surface area contributed by atoms with Gasteiger partial charge in [-0.15, -0.1) is 0 Å². The van der Waals surface area contributed by atoms with E-state index in [-0.39, 0.29) is 28.3 Å². The third kappa shape index (κ3) is 3.18. The maximum Gasteiger partial charge on any atom is 0.218 e. The Balaban J connectivity index is 2.66. The quantitative estimate of drug-likeness (QED) is 0.841. The fourth-order valence-corrected chi connectivity index (χ4v) is 2.71. The highest BCUT2D eigenvalue weighted by Gasteiger charge is 2.22. The van der Waals surface area contributed by atoms with E-state index in [2.05, 4.69) is 5.32 Å². The van der Waals surface area contributed by atoms with Crippen molar-refractivity contribution in [3.05, 3.63) is 44.0 Å². The first kappa shape index (κ1) is 17.0. The summed E-state index contributed by atoms with van der Waals surface area (Å²) in [5, 5.41) is 13.0. The zero-order chi connectivity index (χ0) is 16.4. The first-order valence-electron chi connectivity index (χ1n) is 6.04. The molecule has 1 aromatic carbocycles. The Morgan fingerprint density at radius 2 is 1.95 bits per heavy atom. The van der Waals surface area contributed by atoms with Crippen molar-refractivity contribution >= 4 is 52.3 Å². The molecule has 1 heterocycles. The van der Waals surface area contributed by atoms with Crippen molar-refractivity contribution in [1.29, 1.82) is 5.26 Å². The van der Waals surface area contributed by atoms with Crippen molar-refractivity contribution in [1.82, 2.24) is 9.88 Å². The first-order valence-corrected chi connectivity index (χ1v) is 7.55. The molecule has 1 N–H and O–H groups in total. The van der Waals surface area contributed by atoms with Crippen molar-refractivity contribution in [2.75, 3.05) is 0 Å². The molecular formula is C14H9Cl4N3O. The molecule has 1 amide bonds. The van der Waals surface area contributed by atoms with Gasteiger partial charge < -0.3 is 9.88 Å². The summed E-state index contributed by atoms with van der Waals surface area (Å²) in [4.78, 5) is 11.1. The average molecular weight is 377 g/mol. The second kappa shape index (κ2) is 6.80. The van der Waals surface area contributed by atoms with Crippen LogP contribution in [0.3, 0.4) is 0 Å². The molecule has 2 rings (SSSR count). The molecule has 0 bridgehead atoms. The number of hydrogen-bond acceptors (Lipinski definition) is 2. The number of aromatic nitrogens is 1. The smallest absolute Gasteiger partial charge is 0.218 e. The number of nitrogens with zero attached hydrogens (tertiary/aromatic N) is 2. The number of carbonyl (C=O) groups excluding carboxylic acids is 1. The molecule has 0 aliphatic rings. The number of nitriles is 1. The number of carbonyl (C=O) groups is 1. The van der Waals surface area contributed by atoms with Gasteiger partial charge in [-0.05, 0) is 12.1 Å². The summed E-state index contributed by atoms with van der Waals surface area (Å²) < 4.78 is 1.53. The Morgan fingerprint density at radius 1 is 1.27 bits per heavy atom. The molecule has 0 spiro atoms. The molecule has 22 heavy (non-hydrogen) atoms. The number of amides is 1. The minimum Gasteiger partial charge on any atom is -0.338 e. The van der Waals surface area contributed by atoms with Gasteiger partial charge in [-0.25, -0.2) is 0 Å². The van der Waals surface area contributed by atoms with Crippen molar-refractivity contribution in [2.45, 2.75) is 13.6 Å². The van der Waals surface area contributed by atoms with E-state index in [1.165, 1.54) is 11.5 Å². The van der Waals surface area contributed by atoms with Gasteiger partial charge in [0.2, 0.25) is 5.91 Å². The van der Waals surface area contributed by atoms with Gasteiger partial charge in [0.25, 0.3) is 0 Å². The molecule has 0 saturated carbocycles. The van der Waals surface area contributed by atoms with Gasteiger partial charge in [-0.3, -0.25) is 4.79 Å². The second-order valence-electron chi connectivity index (χ2n) is 4.39. The summed E-state index contributed by atoms with van der Waals surface area (Å²) in [5.74, 6) is -0.237. The van der Waals surface area contributed by atoms with Gasteiger partial charge in [0, 0.05) is 12.5 Å². The number of halogens is 4. The molecule has 1 aromatic heterocycles. The Morgan fingerprint density at radius 3 is 2.50 bits per heavy atom. The maximum atomic E-state index is 11.1. The molecule has 8 heteroatoms. The molecule has 2 aromatic rings. The Bertz CT molecular complexity index is 792. The molecule has 0 unspecified atom stereocenters. The summed E-state index contributed by atoms with van der Waals surface area (Å²) in [7, 11) is 0. The van der Waals surface area contributed by atoms with Gasteiger partial charge in [-0.1, -0.05) is 52.5 Å². The van der Waals surface area contributed by atoms with Crippen LogP contribution in [0.25, 0.3) is 11.3 Å². The van der Waals surface area contributed by atoms with Crippen LogP contribution >= 0.6 is 46.4 Å².